The maximum absolute atomic E-state index is 12.5. The molecule has 2 heterocycles. The standard InChI is InChI=1S/C19H18N2O4S/c1-3-20-15(17(22)21(4-2)19(20)26)11-12-9-10-16(25-12)13-7-5-6-8-14(13)18(23)24/h5-11H,3-4H2,1-2H3,(H,23,24). The molecule has 0 atom stereocenters. The predicted octanol–water partition coefficient (Wildman–Crippen LogP) is 3.45. The molecule has 26 heavy (non-hydrogen) atoms. The number of carboxylic acids is 1. The van der Waals surface area contributed by atoms with E-state index in [9.17, 15) is 14.7 Å². The van der Waals surface area contributed by atoms with E-state index in [1.807, 2.05) is 13.8 Å². The molecule has 0 aliphatic carbocycles. The van der Waals surface area contributed by atoms with Crippen LogP contribution in [0.25, 0.3) is 17.4 Å². The highest BCUT2D eigenvalue weighted by atomic mass is 32.1. The van der Waals surface area contributed by atoms with Gasteiger partial charge in [-0.1, -0.05) is 18.2 Å². The Kier molecular flexibility index (Phi) is 4.90. The molecule has 1 N–H and O–H groups in total. The Morgan fingerprint density at radius 1 is 1.15 bits per heavy atom. The zero-order chi connectivity index (χ0) is 18.8. The van der Waals surface area contributed by atoms with E-state index in [1.54, 1.807) is 41.3 Å². The van der Waals surface area contributed by atoms with Crippen molar-refractivity contribution in [3.63, 3.8) is 0 Å². The van der Waals surface area contributed by atoms with Gasteiger partial charge in [0.1, 0.15) is 17.2 Å². The van der Waals surface area contributed by atoms with Crippen molar-refractivity contribution in [1.82, 2.24) is 9.80 Å². The molecule has 1 aromatic carbocycles. The van der Waals surface area contributed by atoms with Gasteiger partial charge in [-0.2, -0.15) is 0 Å². The van der Waals surface area contributed by atoms with Crippen LogP contribution in [0, 0.1) is 0 Å². The number of nitrogens with zero attached hydrogens (tertiary/aromatic N) is 2. The van der Waals surface area contributed by atoms with Crippen molar-refractivity contribution in [1.29, 1.82) is 0 Å². The molecular weight excluding hydrogens is 352 g/mol. The highest BCUT2D eigenvalue weighted by Crippen LogP contribution is 2.29. The molecule has 3 rings (SSSR count). The molecule has 0 spiro atoms. The lowest BCUT2D eigenvalue weighted by Gasteiger charge is -2.16. The highest BCUT2D eigenvalue weighted by Gasteiger charge is 2.36. The van der Waals surface area contributed by atoms with Crippen LogP contribution in [-0.2, 0) is 4.79 Å². The van der Waals surface area contributed by atoms with Crippen molar-refractivity contribution in [3.05, 3.63) is 53.4 Å². The van der Waals surface area contributed by atoms with Crippen LogP contribution in [0.15, 0.2) is 46.5 Å². The van der Waals surface area contributed by atoms with Gasteiger partial charge in [0.2, 0.25) is 0 Å². The van der Waals surface area contributed by atoms with Gasteiger partial charge >= 0.3 is 5.97 Å². The SMILES string of the molecule is CCN1C(=O)C(=Cc2ccc(-c3ccccc3C(=O)O)o2)N(CC)C1=S. The summed E-state index contributed by atoms with van der Waals surface area (Å²) in [7, 11) is 0. The second-order valence-corrected chi connectivity index (χ2v) is 6.02. The lowest BCUT2D eigenvalue weighted by atomic mass is 10.1. The highest BCUT2D eigenvalue weighted by molar-refractivity contribution is 7.80. The van der Waals surface area contributed by atoms with Crippen molar-refractivity contribution < 1.29 is 19.1 Å². The van der Waals surface area contributed by atoms with Crippen LogP contribution in [-0.4, -0.2) is 45.0 Å². The first-order valence-electron chi connectivity index (χ1n) is 8.25. The molecule has 1 aliphatic heterocycles. The molecular formula is C19H18N2O4S. The molecule has 1 fully saturated rings. The van der Waals surface area contributed by atoms with Gasteiger partial charge in [-0.05, 0) is 44.3 Å². The number of hydrogen-bond donors (Lipinski definition) is 1. The summed E-state index contributed by atoms with van der Waals surface area (Å²) in [5, 5.41) is 9.81. The summed E-state index contributed by atoms with van der Waals surface area (Å²) in [6.45, 7) is 4.86. The Morgan fingerprint density at radius 3 is 2.50 bits per heavy atom. The van der Waals surface area contributed by atoms with Crippen LogP contribution in [0.1, 0.15) is 30.0 Å². The van der Waals surface area contributed by atoms with E-state index in [1.165, 1.54) is 11.0 Å². The van der Waals surface area contributed by atoms with Gasteiger partial charge in [-0.25, -0.2) is 4.79 Å². The molecule has 7 heteroatoms. The fourth-order valence-electron chi connectivity index (χ4n) is 2.91. The number of hydrogen-bond acceptors (Lipinski definition) is 4. The topological polar surface area (TPSA) is 74.0 Å². The van der Waals surface area contributed by atoms with Crippen LogP contribution in [0.4, 0.5) is 0 Å². The van der Waals surface area contributed by atoms with Crippen LogP contribution in [0.5, 0.6) is 0 Å². The minimum Gasteiger partial charge on any atom is -0.478 e. The van der Waals surface area contributed by atoms with Gasteiger partial charge in [-0.15, -0.1) is 0 Å². The van der Waals surface area contributed by atoms with Gasteiger partial charge in [0.15, 0.2) is 5.11 Å². The van der Waals surface area contributed by atoms with Crippen molar-refractivity contribution in [2.24, 2.45) is 0 Å². The first kappa shape index (κ1) is 17.9. The molecule has 134 valence electrons. The number of likely N-dealkylation sites (N-methyl/N-ethyl adjacent to an activating group) is 2. The Labute approximate surface area is 156 Å². The Bertz CT molecular complexity index is 916. The third kappa shape index (κ3) is 3.01. The number of aromatic carboxylic acids is 1. The van der Waals surface area contributed by atoms with Crippen molar-refractivity contribution in [2.45, 2.75) is 13.8 Å². The number of amides is 1. The molecule has 1 amide bonds. The van der Waals surface area contributed by atoms with Crippen LogP contribution < -0.4 is 0 Å². The predicted molar refractivity (Wildman–Crippen MR) is 101 cm³/mol. The van der Waals surface area contributed by atoms with Crippen LogP contribution in [0.2, 0.25) is 0 Å². The van der Waals surface area contributed by atoms with Crippen LogP contribution in [0.3, 0.4) is 0 Å². The molecule has 0 saturated carbocycles. The van der Waals surface area contributed by atoms with Crippen LogP contribution >= 0.6 is 12.2 Å². The summed E-state index contributed by atoms with van der Waals surface area (Å²) >= 11 is 5.35. The Balaban J connectivity index is 1.99. The van der Waals surface area contributed by atoms with Gasteiger partial charge in [0, 0.05) is 24.7 Å². The number of furan rings is 1. The molecule has 0 bridgehead atoms. The molecule has 1 aromatic heterocycles. The van der Waals surface area contributed by atoms with E-state index >= 15 is 0 Å². The van der Waals surface area contributed by atoms with Crippen molar-refractivity contribution >= 4 is 35.3 Å². The van der Waals surface area contributed by atoms with Crippen molar-refractivity contribution in [2.75, 3.05) is 13.1 Å². The first-order chi connectivity index (χ1) is 12.5. The number of benzene rings is 1. The summed E-state index contributed by atoms with van der Waals surface area (Å²) in [6, 6.07) is 10.0. The second-order valence-electron chi connectivity index (χ2n) is 5.66. The summed E-state index contributed by atoms with van der Waals surface area (Å²) < 4.78 is 5.79. The smallest absolute Gasteiger partial charge is 0.336 e. The van der Waals surface area contributed by atoms with E-state index in [4.69, 9.17) is 16.6 Å². The average molecular weight is 370 g/mol. The lowest BCUT2D eigenvalue weighted by molar-refractivity contribution is -0.122. The summed E-state index contributed by atoms with van der Waals surface area (Å²) in [5.74, 6) is -0.298. The minimum atomic E-state index is -1.02. The molecule has 2 aromatic rings. The molecule has 0 radical (unpaired) electrons. The average Bonchev–Trinajstić information content (AvgIpc) is 3.18. The fraction of sp³-hybridized carbons (Fsp3) is 0.211. The Morgan fingerprint density at radius 2 is 1.85 bits per heavy atom. The monoisotopic (exact) mass is 370 g/mol. The number of thiocarbonyl (C=S) groups is 1. The number of carbonyl (C=O) groups excluding carboxylic acids is 1. The number of rotatable bonds is 5. The molecule has 1 saturated heterocycles. The molecule has 6 nitrogen and oxygen atoms in total. The maximum Gasteiger partial charge on any atom is 0.336 e. The third-order valence-corrected chi connectivity index (χ3v) is 4.62. The van der Waals surface area contributed by atoms with E-state index in [0.717, 1.165) is 0 Å². The van der Waals surface area contributed by atoms with E-state index in [0.29, 0.717) is 41.0 Å². The molecule has 1 aliphatic rings. The largest absolute Gasteiger partial charge is 0.478 e. The van der Waals surface area contributed by atoms with E-state index in [-0.39, 0.29) is 11.5 Å². The summed E-state index contributed by atoms with van der Waals surface area (Å²) in [4.78, 5) is 27.2. The van der Waals surface area contributed by atoms with E-state index in [2.05, 4.69) is 0 Å². The number of carboxylic acid groups (broad SMARTS) is 1. The normalized spacial score (nSPS) is 16.0. The first-order valence-corrected chi connectivity index (χ1v) is 8.66. The fourth-order valence-corrected chi connectivity index (χ4v) is 3.35. The summed E-state index contributed by atoms with van der Waals surface area (Å²) in [5.41, 5.74) is 1.10. The minimum absolute atomic E-state index is 0.159. The quantitative estimate of drug-likeness (QED) is 0.642. The number of carbonyl (C=O) groups is 2. The van der Waals surface area contributed by atoms with Crippen molar-refractivity contribution in [3.8, 4) is 11.3 Å². The zero-order valence-electron chi connectivity index (χ0n) is 14.4. The van der Waals surface area contributed by atoms with E-state index < -0.39 is 5.97 Å². The maximum atomic E-state index is 12.5. The second kappa shape index (κ2) is 7.13. The third-order valence-electron chi connectivity index (χ3n) is 4.18. The zero-order valence-corrected chi connectivity index (χ0v) is 15.2. The summed E-state index contributed by atoms with van der Waals surface area (Å²) in [6.07, 6.45) is 1.64. The van der Waals surface area contributed by atoms with Gasteiger partial charge in [0.25, 0.3) is 5.91 Å². The lowest BCUT2D eigenvalue weighted by Crippen LogP contribution is -2.32. The Hall–Kier alpha value is -2.93. The molecule has 0 unspecified atom stereocenters. The van der Waals surface area contributed by atoms with Gasteiger partial charge in [-0.3, -0.25) is 9.69 Å². The van der Waals surface area contributed by atoms with Gasteiger partial charge < -0.3 is 14.4 Å². The van der Waals surface area contributed by atoms with Gasteiger partial charge in [0.05, 0.1) is 5.56 Å².